The van der Waals surface area contributed by atoms with Crippen molar-refractivity contribution in [3.05, 3.63) is 95.1 Å². The average molecular weight is 647 g/mol. The number of pyridine rings is 1. The van der Waals surface area contributed by atoms with Crippen molar-refractivity contribution in [3.63, 3.8) is 0 Å². The third-order valence-electron chi connectivity index (χ3n) is 7.23. The van der Waals surface area contributed by atoms with Gasteiger partial charge in [-0.2, -0.15) is 35.8 Å². The van der Waals surface area contributed by atoms with Crippen LogP contribution in [0.1, 0.15) is 54.7 Å². The number of para-hydroxylation sites is 1. The number of hydrazone groups is 1. The van der Waals surface area contributed by atoms with Gasteiger partial charge < -0.3 is 5.32 Å². The van der Waals surface area contributed by atoms with E-state index in [4.69, 9.17) is 4.98 Å². The van der Waals surface area contributed by atoms with Crippen LogP contribution in [0.15, 0.2) is 77.9 Å². The Morgan fingerprint density at radius 3 is 2.07 bits per heavy atom. The summed E-state index contributed by atoms with van der Waals surface area (Å²) in [5.74, 6) is -16.1. The lowest BCUT2D eigenvalue weighted by Gasteiger charge is -2.27. The Morgan fingerprint density at radius 2 is 1.46 bits per heavy atom. The SMILES string of the molecule is C/C(=N\NC(=O)c1cc(-c2ccc(C(C)(C)C)cc2)nc2c(C)cccc12)c1cccc(NC(=O)C(F)(F)C(F)(F)C(F)(F)F)c1. The number of hydrogen-bond donors (Lipinski definition) is 2. The van der Waals surface area contributed by atoms with Gasteiger partial charge in [0.25, 0.3) is 5.91 Å². The number of alkyl halides is 7. The second kappa shape index (κ2) is 12.2. The van der Waals surface area contributed by atoms with Gasteiger partial charge in [-0.05, 0) is 54.2 Å². The lowest BCUT2D eigenvalue weighted by Crippen LogP contribution is -2.57. The molecular formula is C33H29F7N4O2. The summed E-state index contributed by atoms with van der Waals surface area (Å²) in [6.07, 6.45) is -6.66. The fraction of sp³-hybridized carbons (Fsp3) is 0.273. The summed E-state index contributed by atoms with van der Waals surface area (Å²) < 4.78 is 91.6. The van der Waals surface area contributed by atoms with Gasteiger partial charge in [-0.3, -0.25) is 9.59 Å². The number of carbonyl (C=O) groups is 2. The highest BCUT2D eigenvalue weighted by atomic mass is 19.4. The predicted molar refractivity (Wildman–Crippen MR) is 161 cm³/mol. The molecule has 1 aromatic heterocycles. The van der Waals surface area contributed by atoms with E-state index in [1.807, 2.05) is 37.3 Å². The Hall–Kier alpha value is -4.81. The van der Waals surface area contributed by atoms with Crippen molar-refractivity contribution >= 4 is 34.1 Å². The van der Waals surface area contributed by atoms with Crippen molar-refractivity contribution in [2.24, 2.45) is 5.10 Å². The molecule has 2 N–H and O–H groups in total. The monoisotopic (exact) mass is 646 g/mol. The van der Waals surface area contributed by atoms with Crippen LogP contribution in [0.4, 0.5) is 36.4 Å². The van der Waals surface area contributed by atoms with Crippen LogP contribution in [-0.2, 0) is 10.2 Å². The van der Waals surface area contributed by atoms with Crippen LogP contribution in [-0.4, -0.2) is 40.5 Å². The molecule has 242 valence electrons. The highest BCUT2D eigenvalue weighted by Gasteiger charge is 2.76. The molecule has 0 spiro atoms. The molecule has 13 heteroatoms. The number of hydrogen-bond acceptors (Lipinski definition) is 4. The maximum Gasteiger partial charge on any atom is 0.460 e. The molecule has 0 saturated carbocycles. The van der Waals surface area contributed by atoms with Crippen LogP contribution >= 0.6 is 0 Å². The Balaban J connectivity index is 1.60. The molecule has 0 radical (unpaired) electrons. The topological polar surface area (TPSA) is 83.4 Å². The molecule has 0 saturated heterocycles. The summed E-state index contributed by atoms with van der Waals surface area (Å²) >= 11 is 0. The summed E-state index contributed by atoms with van der Waals surface area (Å²) in [6.45, 7) is 9.56. The van der Waals surface area contributed by atoms with E-state index in [9.17, 15) is 40.3 Å². The zero-order valence-corrected chi connectivity index (χ0v) is 25.3. The van der Waals surface area contributed by atoms with E-state index in [1.54, 1.807) is 18.2 Å². The smallest absolute Gasteiger partial charge is 0.321 e. The van der Waals surface area contributed by atoms with E-state index >= 15 is 0 Å². The lowest BCUT2D eigenvalue weighted by atomic mass is 9.86. The van der Waals surface area contributed by atoms with Gasteiger partial charge in [0.1, 0.15) is 0 Å². The van der Waals surface area contributed by atoms with E-state index in [1.165, 1.54) is 24.4 Å². The predicted octanol–water partition coefficient (Wildman–Crippen LogP) is 8.43. The van der Waals surface area contributed by atoms with Crippen LogP contribution in [0.25, 0.3) is 22.2 Å². The van der Waals surface area contributed by atoms with E-state index < -0.39 is 35.5 Å². The second-order valence-electron chi connectivity index (χ2n) is 11.7. The van der Waals surface area contributed by atoms with Crippen LogP contribution in [0, 0.1) is 6.92 Å². The maximum atomic E-state index is 13.8. The fourth-order valence-corrected chi connectivity index (χ4v) is 4.48. The Kier molecular flexibility index (Phi) is 9.02. The molecule has 0 fully saturated rings. The first-order chi connectivity index (χ1) is 21.2. The molecule has 4 aromatic rings. The number of rotatable bonds is 7. The van der Waals surface area contributed by atoms with Crippen LogP contribution in [0.2, 0.25) is 0 Å². The quantitative estimate of drug-likeness (QED) is 0.120. The third kappa shape index (κ3) is 6.73. The highest BCUT2D eigenvalue weighted by Crippen LogP contribution is 2.47. The largest absolute Gasteiger partial charge is 0.460 e. The molecule has 3 aromatic carbocycles. The molecule has 2 amide bonds. The van der Waals surface area contributed by atoms with E-state index in [-0.39, 0.29) is 22.3 Å². The number of amides is 2. The zero-order chi connectivity index (χ0) is 34.2. The van der Waals surface area contributed by atoms with Gasteiger partial charge in [0.15, 0.2) is 0 Å². The molecule has 0 atom stereocenters. The standard InChI is InChI=1S/C33H29F7N4O2/c1-18-8-6-11-24-25(17-26(42-27(18)24)20-12-14-22(15-13-20)30(3,4)5)28(45)44-43-19(2)21-9-7-10-23(16-21)41-29(46)31(34,35)32(36,37)33(38,39)40/h6-17H,1-5H3,(H,41,46)(H,44,45)/b43-19+. The van der Waals surface area contributed by atoms with Gasteiger partial charge >= 0.3 is 23.9 Å². The van der Waals surface area contributed by atoms with Gasteiger partial charge in [-0.1, -0.05) is 75.4 Å². The normalized spacial score (nSPS) is 13.1. The zero-order valence-electron chi connectivity index (χ0n) is 25.3. The molecule has 0 aliphatic rings. The van der Waals surface area contributed by atoms with Crippen LogP contribution < -0.4 is 10.7 Å². The number of carbonyl (C=O) groups excluding carboxylic acids is 2. The number of benzene rings is 3. The number of halogens is 7. The molecule has 0 unspecified atom stereocenters. The molecule has 0 bridgehead atoms. The van der Waals surface area contributed by atoms with Crippen molar-refractivity contribution in [2.45, 2.75) is 58.1 Å². The van der Waals surface area contributed by atoms with Gasteiger partial charge in [-0.25, -0.2) is 10.4 Å². The summed E-state index contributed by atoms with van der Waals surface area (Å²) in [4.78, 5) is 30.0. The maximum absolute atomic E-state index is 13.8. The first-order valence-corrected chi connectivity index (χ1v) is 13.8. The highest BCUT2D eigenvalue weighted by molar-refractivity contribution is 6.09. The van der Waals surface area contributed by atoms with E-state index in [0.717, 1.165) is 28.8 Å². The molecule has 4 rings (SSSR count). The van der Waals surface area contributed by atoms with Gasteiger partial charge in [0.2, 0.25) is 0 Å². The van der Waals surface area contributed by atoms with Crippen LogP contribution in [0.5, 0.6) is 0 Å². The van der Waals surface area contributed by atoms with Crippen molar-refractivity contribution in [1.29, 1.82) is 0 Å². The molecule has 0 aliphatic carbocycles. The van der Waals surface area contributed by atoms with E-state index in [2.05, 4.69) is 31.3 Å². The summed E-state index contributed by atoms with van der Waals surface area (Å²) in [5.41, 5.74) is 6.23. The number of nitrogens with one attached hydrogen (secondary N) is 2. The fourth-order valence-electron chi connectivity index (χ4n) is 4.48. The lowest BCUT2D eigenvalue weighted by molar-refractivity contribution is -0.343. The molecule has 6 nitrogen and oxygen atoms in total. The second-order valence-corrected chi connectivity index (χ2v) is 11.7. The van der Waals surface area contributed by atoms with Gasteiger partial charge in [0, 0.05) is 16.6 Å². The van der Waals surface area contributed by atoms with Crippen molar-refractivity contribution in [1.82, 2.24) is 10.4 Å². The van der Waals surface area contributed by atoms with Crippen LogP contribution in [0.3, 0.4) is 0 Å². The van der Waals surface area contributed by atoms with Crippen molar-refractivity contribution in [3.8, 4) is 11.3 Å². The summed E-state index contributed by atoms with van der Waals surface area (Å²) in [5, 5.41) is 5.99. The van der Waals surface area contributed by atoms with Gasteiger partial charge in [0.05, 0.1) is 22.5 Å². The van der Waals surface area contributed by atoms with Crippen molar-refractivity contribution in [2.75, 3.05) is 5.32 Å². The minimum atomic E-state index is -6.66. The number of fused-ring (bicyclic) bond motifs is 1. The van der Waals surface area contributed by atoms with Gasteiger partial charge in [-0.15, -0.1) is 0 Å². The summed E-state index contributed by atoms with van der Waals surface area (Å²) in [6, 6.07) is 19.5. The first kappa shape index (κ1) is 34.1. The Labute approximate surface area is 259 Å². The summed E-state index contributed by atoms with van der Waals surface area (Å²) in [7, 11) is 0. The molecular weight excluding hydrogens is 617 g/mol. The number of anilines is 1. The minimum absolute atomic E-state index is 0.0647. The number of aromatic nitrogens is 1. The molecule has 1 heterocycles. The average Bonchev–Trinajstić information content (AvgIpc) is 2.98. The van der Waals surface area contributed by atoms with E-state index in [0.29, 0.717) is 16.6 Å². The van der Waals surface area contributed by atoms with Crippen molar-refractivity contribution < 1.29 is 40.3 Å². The third-order valence-corrected chi connectivity index (χ3v) is 7.23. The number of nitrogens with zero attached hydrogens (tertiary/aromatic N) is 2. The molecule has 0 aliphatic heterocycles. The first-order valence-electron chi connectivity index (χ1n) is 13.8. The Bertz CT molecular complexity index is 1830. The minimum Gasteiger partial charge on any atom is -0.321 e. The Morgan fingerprint density at radius 1 is 0.826 bits per heavy atom. The molecule has 46 heavy (non-hydrogen) atoms. The number of aryl methyl sites for hydroxylation is 1.